The quantitative estimate of drug-likeness (QED) is 0.865. The molecule has 1 aliphatic heterocycles. The minimum atomic E-state index is 0.744. The number of likely N-dealkylation sites (N-methyl/N-ethyl adjacent to an activating group) is 1. The molecule has 0 atom stereocenters. The van der Waals surface area contributed by atoms with E-state index in [1.165, 1.54) is 26.2 Å². The van der Waals surface area contributed by atoms with Gasteiger partial charge in [0.2, 0.25) is 0 Å². The summed E-state index contributed by atoms with van der Waals surface area (Å²) in [6, 6.07) is 10.2. The molecule has 0 amide bonds. The second-order valence-electron chi connectivity index (χ2n) is 5.86. The van der Waals surface area contributed by atoms with Gasteiger partial charge in [-0.2, -0.15) is 0 Å². The van der Waals surface area contributed by atoms with Crippen LogP contribution in [-0.4, -0.2) is 54.6 Å². The maximum absolute atomic E-state index is 6.22. The second kappa shape index (κ2) is 6.73. The fourth-order valence-corrected chi connectivity index (χ4v) is 3.07. The number of fused-ring (bicyclic) bond motifs is 1. The standard InChI is InChI=1S/C17H22ClN3/c1-20-10-12-21(13-11-20)9-3-5-15-8-7-14-4-2-6-16(18)17(14)19-15/h2,4,6-8H,3,5,9-13H2,1H3. The first-order chi connectivity index (χ1) is 10.2. The van der Waals surface area contributed by atoms with Crippen LogP contribution in [0.15, 0.2) is 30.3 Å². The first-order valence-corrected chi connectivity index (χ1v) is 8.05. The molecule has 0 radical (unpaired) electrons. The van der Waals surface area contributed by atoms with E-state index in [-0.39, 0.29) is 0 Å². The highest BCUT2D eigenvalue weighted by molar-refractivity contribution is 6.35. The molecule has 21 heavy (non-hydrogen) atoms. The highest BCUT2D eigenvalue weighted by Gasteiger charge is 2.13. The van der Waals surface area contributed by atoms with Crippen molar-refractivity contribution in [3.05, 3.63) is 41.0 Å². The molecule has 0 aliphatic carbocycles. The molecule has 1 aliphatic rings. The van der Waals surface area contributed by atoms with Crippen molar-refractivity contribution in [3.63, 3.8) is 0 Å². The molecule has 112 valence electrons. The van der Waals surface area contributed by atoms with Gasteiger partial charge in [0, 0.05) is 37.3 Å². The summed E-state index contributed by atoms with van der Waals surface area (Å²) in [5, 5.41) is 1.86. The maximum Gasteiger partial charge on any atom is 0.0891 e. The van der Waals surface area contributed by atoms with E-state index in [1.807, 2.05) is 12.1 Å². The molecule has 2 aromatic rings. The minimum Gasteiger partial charge on any atom is -0.304 e. The van der Waals surface area contributed by atoms with Crippen LogP contribution in [0.5, 0.6) is 0 Å². The van der Waals surface area contributed by atoms with Crippen LogP contribution in [0.2, 0.25) is 5.02 Å². The van der Waals surface area contributed by atoms with Crippen LogP contribution in [0.4, 0.5) is 0 Å². The summed E-state index contributed by atoms with van der Waals surface area (Å²) in [5.41, 5.74) is 2.07. The molecular weight excluding hydrogens is 282 g/mol. The topological polar surface area (TPSA) is 19.4 Å². The monoisotopic (exact) mass is 303 g/mol. The van der Waals surface area contributed by atoms with Gasteiger partial charge in [-0.25, -0.2) is 0 Å². The SMILES string of the molecule is CN1CCN(CCCc2ccc3cccc(Cl)c3n2)CC1. The number of halogens is 1. The van der Waals surface area contributed by atoms with Gasteiger partial charge < -0.3 is 9.80 Å². The highest BCUT2D eigenvalue weighted by atomic mass is 35.5. The Morgan fingerprint density at radius 3 is 2.71 bits per heavy atom. The van der Waals surface area contributed by atoms with Crippen LogP contribution in [0.3, 0.4) is 0 Å². The van der Waals surface area contributed by atoms with Gasteiger partial charge in [0.25, 0.3) is 0 Å². The van der Waals surface area contributed by atoms with Gasteiger partial charge >= 0.3 is 0 Å². The molecule has 0 bridgehead atoms. The summed E-state index contributed by atoms with van der Waals surface area (Å²) < 4.78 is 0. The molecule has 3 nitrogen and oxygen atoms in total. The Morgan fingerprint density at radius 2 is 1.90 bits per heavy atom. The lowest BCUT2D eigenvalue weighted by atomic mass is 10.1. The van der Waals surface area contributed by atoms with Crippen molar-refractivity contribution >= 4 is 22.5 Å². The predicted molar refractivity (Wildman–Crippen MR) is 89.0 cm³/mol. The van der Waals surface area contributed by atoms with E-state index in [0.717, 1.165) is 41.0 Å². The minimum absolute atomic E-state index is 0.744. The number of pyridine rings is 1. The summed E-state index contributed by atoms with van der Waals surface area (Å²) in [7, 11) is 2.19. The lowest BCUT2D eigenvalue weighted by Crippen LogP contribution is -2.44. The number of aryl methyl sites for hydroxylation is 1. The molecule has 0 N–H and O–H groups in total. The number of para-hydroxylation sites is 1. The van der Waals surface area contributed by atoms with E-state index in [0.29, 0.717) is 0 Å². The fourth-order valence-electron chi connectivity index (χ4n) is 2.85. The number of hydrogen-bond acceptors (Lipinski definition) is 3. The van der Waals surface area contributed by atoms with Crippen LogP contribution in [0.25, 0.3) is 10.9 Å². The summed E-state index contributed by atoms with van der Waals surface area (Å²) in [6.07, 6.45) is 2.18. The third kappa shape index (κ3) is 3.73. The van der Waals surface area contributed by atoms with E-state index in [1.54, 1.807) is 0 Å². The third-order valence-electron chi connectivity index (χ3n) is 4.23. The average Bonchev–Trinajstić information content (AvgIpc) is 2.50. The number of piperazine rings is 1. The largest absolute Gasteiger partial charge is 0.304 e. The van der Waals surface area contributed by atoms with Crippen molar-refractivity contribution in [2.24, 2.45) is 0 Å². The van der Waals surface area contributed by atoms with Crippen molar-refractivity contribution in [1.82, 2.24) is 14.8 Å². The zero-order chi connectivity index (χ0) is 14.7. The summed E-state index contributed by atoms with van der Waals surface area (Å²) in [6.45, 7) is 5.91. The van der Waals surface area contributed by atoms with Crippen molar-refractivity contribution in [3.8, 4) is 0 Å². The molecule has 0 saturated carbocycles. The van der Waals surface area contributed by atoms with Gasteiger partial charge in [0.1, 0.15) is 0 Å². The van der Waals surface area contributed by atoms with E-state index < -0.39 is 0 Å². The van der Waals surface area contributed by atoms with Crippen molar-refractivity contribution in [2.45, 2.75) is 12.8 Å². The van der Waals surface area contributed by atoms with E-state index >= 15 is 0 Å². The van der Waals surface area contributed by atoms with Crippen molar-refractivity contribution < 1.29 is 0 Å². The fraction of sp³-hybridized carbons (Fsp3) is 0.471. The van der Waals surface area contributed by atoms with Gasteiger partial charge in [-0.1, -0.05) is 29.8 Å². The lowest BCUT2D eigenvalue weighted by Gasteiger charge is -2.32. The maximum atomic E-state index is 6.22. The Labute approximate surface area is 131 Å². The summed E-state index contributed by atoms with van der Waals surface area (Å²) >= 11 is 6.22. The van der Waals surface area contributed by atoms with Crippen LogP contribution in [-0.2, 0) is 6.42 Å². The van der Waals surface area contributed by atoms with Crippen LogP contribution >= 0.6 is 11.6 Å². The molecule has 4 heteroatoms. The molecule has 1 aromatic heterocycles. The first-order valence-electron chi connectivity index (χ1n) is 7.67. The molecule has 0 spiro atoms. The third-order valence-corrected chi connectivity index (χ3v) is 4.54. The Morgan fingerprint density at radius 1 is 1.10 bits per heavy atom. The number of hydrogen-bond donors (Lipinski definition) is 0. The number of rotatable bonds is 4. The Bertz CT molecular complexity index is 606. The van der Waals surface area contributed by atoms with E-state index in [2.05, 4.69) is 35.0 Å². The normalized spacial score (nSPS) is 17.4. The molecule has 2 heterocycles. The van der Waals surface area contributed by atoms with Crippen molar-refractivity contribution in [1.29, 1.82) is 0 Å². The second-order valence-corrected chi connectivity index (χ2v) is 6.27. The Hall–Kier alpha value is -1.16. The average molecular weight is 304 g/mol. The van der Waals surface area contributed by atoms with E-state index in [4.69, 9.17) is 16.6 Å². The first kappa shape index (κ1) is 14.8. The van der Waals surface area contributed by atoms with Crippen LogP contribution in [0.1, 0.15) is 12.1 Å². The van der Waals surface area contributed by atoms with Gasteiger partial charge in [-0.05, 0) is 38.6 Å². The number of nitrogens with zero attached hydrogens (tertiary/aromatic N) is 3. The van der Waals surface area contributed by atoms with Crippen molar-refractivity contribution in [2.75, 3.05) is 39.8 Å². The summed E-state index contributed by atoms with van der Waals surface area (Å²) in [5.74, 6) is 0. The molecule has 1 fully saturated rings. The predicted octanol–water partition coefficient (Wildman–Crippen LogP) is 3.07. The Balaban J connectivity index is 1.57. The molecule has 1 aromatic carbocycles. The Kier molecular flexibility index (Phi) is 4.73. The molecule has 0 unspecified atom stereocenters. The highest BCUT2D eigenvalue weighted by Crippen LogP contribution is 2.21. The van der Waals surface area contributed by atoms with Gasteiger partial charge in [-0.3, -0.25) is 4.98 Å². The van der Waals surface area contributed by atoms with E-state index in [9.17, 15) is 0 Å². The van der Waals surface area contributed by atoms with Gasteiger partial charge in [0.05, 0.1) is 10.5 Å². The number of benzene rings is 1. The van der Waals surface area contributed by atoms with Crippen LogP contribution < -0.4 is 0 Å². The molecule has 1 saturated heterocycles. The molecular formula is C17H22ClN3. The smallest absolute Gasteiger partial charge is 0.0891 e. The van der Waals surface area contributed by atoms with Gasteiger partial charge in [-0.15, -0.1) is 0 Å². The van der Waals surface area contributed by atoms with Crippen LogP contribution in [0, 0.1) is 0 Å². The zero-order valence-corrected chi connectivity index (χ0v) is 13.3. The zero-order valence-electron chi connectivity index (χ0n) is 12.6. The lowest BCUT2D eigenvalue weighted by molar-refractivity contribution is 0.153. The van der Waals surface area contributed by atoms with Gasteiger partial charge in [0.15, 0.2) is 0 Å². The molecule has 3 rings (SSSR count). The number of aromatic nitrogens is 1. The summed E-state index contributed by atoms with van der Waals surface area (Å²) in [4.78, 5) is 9.65.